The maximum absolute atomic E-state index is 12.6. The van der Waals surface area contributed by atoms with Crippen LogP contribution in [-0.4, -0.2) is 78.9 Å². The molecule has 1 aliphatic rings. The van der Waals surface area contributed by atoms with Gasteiger partial charge in [-0.1, -0.05) is 27.7 Å². The van der Waals surface area contributed by atoms with E-state index in [2.05, 4.69) is 77.1 Å². The van der Waals surface area contributed by atoms with Crippen molar-refractivity contribution in [1.29, 1.82) is 0 Å². The third kappa shape index (κ3) is 6.95. The molecule has 0 radical (unpaired) electrons. The third-order valence-corrected chi connectivity index (χ3v) is 6.36. The Morgan fingerprint density at radius 3 is 2.56 bits per heavy atom. The lowest BCUT2D eigenvalue weighted by Crippen LogP contribution is -2.45. The highest BCUT2D eigenvalue weighted by molar-refractivity contribution is 5.92. The Balaban J connectivity index is 1.54. The van der Waals surface area contributed by atoms with Gasteiger partial charge in [0, 0.05) is 61.6 Å². The highest BCUT2D eigenvalue weighted by Crippen LogP contribution is 2.21. The van der Waals surface area contributed by atoms with Gasteiger partial charge in [-0.2, -0.15) is 0 Å². The summed E-state index contributed by atoms with van der Waals surface area (Å²) in [4.78, 5) is 17.4. The summed E-state index contributed by atoms with van der Waals surface area (Å²) in [6.07, 6.45) is 3.21. The van der Waals surface area contributed by atoms with E-state index in [4.69, 9.17) is 4.74 Å². The number of amides is 2. The van der Waals surface area contributed by atoms with E-state index in [-0.39, 0.29) is 6.03 Å². The second-order valence-corrected chi connectivity index (χ2v) is 9.08. The summed E-state index contributed by atoms with van der Waals surface area (Å²) in [5, 5.41) is 7.24. The largest absolute Gasteiger partial charge is 0.379 e. The minimum atomic E-state index is -0.142. The van der Waals surface area contributed by atoms with Crippen LogP contribution in [0.2, 0.25) is 0 Å². The molecule has 1 unspecified atom stereocenters. The van der Waals surface area contributed by atoms with Crippen LogP contribution in [0.15, 0.2) is 30.5 Å². The number of benzene rings is 1. The number of carbonyl (C=O) groups excluding carboxylic acids is 1. The first-order chi connectivity index (χ1) is 15.5. The normalized spacial score (nSPS) is 16.1. The molecule has 178 valence electrons. The zero-order chi connectivity index (χ0) is 22.9. The summed E-state index contributed by atoms with van der Waals surface area (Å²) in [7, 11) is 0. The van der Waals surface area contributed by atoms with Crippen LogP contribution in [0.4, 0.5) is 10.5 Å². The average Bonchev–Trinajstić information content (AvgIpc) is 3.19. The van der Waals surface area contributed by atoms with Gasteiger partial charge in [-0.25, -0.2) is 4.79 Å². The first kappa shape index (κ1) is 24.6. The lowest BCUT2D eigenvalue weighted by molar-refractivity contribution is 0.0365. The quantitative estimate of drug-likeness (QED) is 0.554. The van der Waals surface area contributed by atoms with Gasteiger partial charge in [0.1, 0.15) is 0 Å². The van der Waals surface area contributed by atoms with Crippen LogP contribution >= 0.6 is 0 Å². The van der Waals surface area contributed by atoms with Gasteiger partial charge in [-0.3, -0.25) is 9.80 Å². The molecule has 0 aliphatic carbocycles. The monoisotopic (exact) mass is 443 g/mol. The highest BCUT2D eigenvalue weighted by atomic mass is 16.5. The van der Waals surface area contributed by atoms with Gasteiger partial charge < -0.3 is 19.9 Å². The van der Waals surface area contributed by atoms with Gasteiger partial charge in [0.2, 0.25) is 0 Å². The molecule has 0 spiro atoms. The molecule has 7 nitrogen and oxygen atoms in total. The molecule has 1 saturated heterocycles. The molecule has 1 aromatic heterocycles. The van der Waals surface area contributed by atoms with Crippen molar-refractivity contribution in [1.82, 2.24) is 19.7 Å². The van der Waals surface area contributed by atoms with Crippen molar-refractivity contribution >= 4 is 22.6 Å². The average molecular weight is 444 g/mol. The zero-order valence-corrected chi connectivity index (χ0v) is 20.3. The lowest BCUT2D eigenvalue weighted by atomic mass is 10.0. The number of likely N-dealkylation sites (N-methyl/N-ethyl adjacent to an activating group) is 1. The summed E-state index contributed by atoms with van der Waals surface area (Å²) in [5.74, 6) is 0.597. The molecule has 2 N–H and O–H groups in total. The van der Waals surface area contributed by atoms with Crippen LogP contribution in [0.5, 0.6) is 0 Å². The summed E-state index contributed by atoms with van der Waals surface area (Å²) in [6, 6.07) is 8.48. The standard InChI is InChI=1S/C25H41N5O2/c1-5-29(6-2)23(17-20(3)4)19-26-25(31)27-22-7-8-24-21(18-22)9-10-30(24)12-11-28-13-15-32-16-14-28/h7-10,18,20,23H,5-6,11-17,19H2,1-4H3,(H2,26,27,31). The first-order valence-electron chi connectivity index (χ1n) is 12.2. The zero-order valence-electron chi connectivity index (χ0n) is 20.3. The lowest BCUT2D eigenvalue weighted by Gasteiger charge is -2.31. The van der Waals surface area contributed by atoms with Crippen LogP contribution in [0, 0.1) is 5.92 Å². The van der Waals surface area contributed by atoms with E-state index in [1.807, 2.05) is 6.07 Å². The number of rotatable bonds is 11. The molecule has 0 saturated carbocycles. The number of morpholine rings is 1. The minimum Gasteiger partial charge on any atom is -0.379 e. The van der Waals surface area contributed by atoms with E-state index in [9.17, 15) is 4.79 Å². The predicted molar refractivity (Wildman–Crippen MR) is 132 cm³/mol. The highest BCUT2D eigenvalue weighted by Gasteiger charge is 2.18. The van der Waals surface area contributed by atoms with Gasteiger partial charge in [-0.15, -0.1) is 0 Å². The Kier molecular flexibility index (Phi) is 9.38. The molecule has 2 aromatic rings. The van der Waals surface area contributed by atoms with Crippen LogP contribution in [0.3, 0.4) is 0 Å². The van der Waals surface area contributed by atoms with E-state index in [0.29, 0.717) is 18.5 Å². The number of nitrogens with zero attached hydrogens (tertiary/aromatic N) is 3. The van der Waals surface area contributed by atoms with E-state index in [1.54, 1.807) is 0 Å². The molecule has 0 bridgehead atoms. The fourth-order valence-corrected chi connectivity index (χ4v) is 4.58. The number of anilines is 1. The van der Waals surface area contributed by atoms with Crippen LogP contribution < -0.4 is 10.6 Å². The third-order valence-electron chi connectivity index (χ3n) is 6.36. The molecule has 1 aromatic carbocycles. The van der Waals surface area contributed by atoms with Crippen molar-refractivity contribution in [3.63, 3.8) is 0 Å². The van der Waals surface area contributed by atoms with Crippen LogP contribution in [0.25, 0.3) is 10.9 Å². The van der Waals surface area contributed by atoms with E-state index >= 15 is 0 Å². The topological polar surface area (TPSA) is 61.8 Å². The van der Waals surface area contributed by atoms with Gasteiger partial charge in [0.25, 0.3) is 0 Å². The van der Waals surface area contributed by atoms with Crippen molar-refractivity contribution in [3.05, 3.63) is 30.5 Å². The van der Waals surface area contributed by atoms with Crippen molar-refractivity contribution in [2.45, 2.75) is 46.7 Å². The van der Waals surface area contributed by atoms with E-state index < -0.39 is 0 Å². The number of carbonyl (C=O) groups is 1. The first-order valence-corrected chi connectivity index (χ1v) is 12.2. The van der Waals surface area contributed by atoms with Crippen molar-refractivity contribution in [2.75, 3.05) is 57.8 Å². The molecular formula is C25H41N5O2. The Bertz CT molecular complexity index is 840. The molecule has 1 fully saturated rings. The maximum Gasteiger partial charge on any atom is 0.319 e. The Morgan fingerprint density at radius 2 is 1.88 bits per heavy atom. The predicted octanol–water partition coefficient (Wildman–Crippen LogP) is 3.85. The number of aromatic nitrogens is 1. The summed E-state index contributed by atoms with van der Waals surface area (Å²) >= 11 is 0. The van der Waals surface area contributed by atoms with Crippen LogP contribution in [0.1, 0.15) is 34.1 Å². The van der Waals surface area contributed by atoms with Gasteiger partial charge in [0.15, 0.2) is 0 Å². The minimum absolute atomic E-state index is 0.142. The Morgan fingerprint density at radius 1 is 1.12 bits per heavy atom. The number of urea groups is 1. The number of hydrogen-bond donors (Lipinski definition) is 2. The molecule has 1 aliphatic heterocycles. The molecule has 7 heteroatoms. The fraction of sp³-hybridized carbons (Fsp3) is 0.640. The Labute approximate surface area is 193 Å². The number of ether oxygens (including phenoxy) is 1. The summed E-state index contributed by atoms with van der Waals surface area (Å²) < 4.78 is 7.72. The second kappa shape index (κ2) is 12.2. The van der Waals surface area contributed by atoms with E-state index in [0.717, 1.165) is 70.0 Å². The van der Waals surface area contributed by atoms with Crippen LogP contribution in [-0.2, 0) is 11.3 Å². The summed E-state index contributed by atoms with van der Waals surface area (Å²) in [6.45, 7) is 17.1. The summed E-state index contributed by atoms with van der Waals surface area (Å²) in [5.41, 5.74) is 2.02. The van der Waals surface area contributed by atoms with E-state index in [1.165, 1.54) is 5.52 Å². The number of fused-ring (bicyclic) bond motifs is 1. The molecular weight excluding hydrogens is 402 g/mol. The van der Waals surface area contributed by atoms with Gasteiger partial charge in [0.05, 0.1) is 13.2 Å². The maximum atomic E-state index is 12.6. The molecule has 32 heavy (non-hydrogen) atoms. The van der Waals surface area contributed by atoms with Crippen molar-refractivity contribution in [3.8, 4) is 0 Å². The Hall–Kier alpha value is -2.09. The second-order valence-electron chi connectivity index (χ2n) is 9.08. The van der Waals surface area contributed by atoms with Gasteiger partial charge >= 0.3 is 6.03 Å². The molecule has 2 amide bonds. The SMILES string of the molecule is CCN(CC)C(CNC(=O)Nc1ccc2c(ccn2CCN2CCOCC2)c1)CC(C)C. The molecule has 2 heterocycles. The number of nitrogens with one attached hydrogen (secondary N) is 2. The molecule has 1 atom stereocenters. The molecule has 3 rings (SSSR count). The fourth-order valence-electron chi connectivity index (χ4n) is 4.58. The van der Waals surface area contributed by atoms with Crippen molar-refractivity contribution < 1.29 is 9.53 Å². The van der Waals surface area contributed by atoms with Gasteiger partial charge in [-0.05, 0) is 49.7 Å². The smallest absolute Gasteiger partial charge is 0.319 e. The van der Waals surface area contributed by atoms with Crippen molar-refractivity contribution in [2.24, 2.45) is 5.92 Å². The number of hydrogen-bond acceptors (Lipinski definition) is 4.